The Morgan fingerprint density at radius 3 is 2.95 bits per heavy atom. The first kappa shape index (κ1) is 15.5. The average molecular weight is 265 g/mol. The van der Waals surface area contributed by atoms with Crippen LogP contribution in [0, 0.1) is 0 Å². The molecule has 0 saturated heterocycles. The number of esters is 1. The van der Waals surface area contributed by atoms with Gasteiger partial charge in [-0.1, -0.05) is 25.5 Å². The first-order valence-corrected chi connectivity index (χ1v) is 6.75. The monoisotopic (exact) mass is 265 g/mol. The molecule has 0 aliphatic heterocycles. The van der Waals surface area contributed by atoms with Crippen LogP contribution in [-0.4, -0.2) is 32.8 Å². The summed E-state index contributed by atoms with van der Waals surface area (Å²) in [4.78, 5) is 11.3. The van der Waals surface area contributed by atoms with Gasteiger partial charge >= 0.3 is 5.97 Å². The predicted molar refractivity (Wildman–Crippen MR) is 75.4 cm³/mol. The highest BCUT2D eigenvalue weighted by Gasteiger charge is 2.01. The quantitative estimate of drug-likeness (QED) is 0.549. The van der Waals surface area contributed by atoms with Gasteiger partial charge in [0.25, 0.3) is 0 Å². The minimum absolute atomic E-state index is 0.181. The summed E-state index contributed by atoms with van der Waals surface area (Å²) in [6.07, 6.45) is 2.82. The zero-order valence-electron chi connectivity index (χ0n) is 11.8. The van der Waals surface area contributed by atoms with E-state index in [0.717, 1.165) is 31.6 Å². The van der Waals surface area contributed by atoms with Crippen LogP contribution in [0.2, 0.25) is 0 Å². The maximum atomic E-state index is 11.3. The van der Waals surface area contributed by atoms with Crippen molar-refractivity contribution in [1.82, 2.24) is 5.32 Å². The second-order valence-corrected chi connectivity index (χ2v) is 4.35. The fourth-order valence-electron chi connectivity index (χ4n) is 1.63. The number of unbranched alkanes of at least 4 members (excludes halogenated alkanes) is 1. The van der Waals surface area contributed by atoms with Gasteiger partial charge in [0, 0.05) is 0 Å². The van der Waals surface area contributed by atoms with Crippen molar-refractivity contribution in [3.8, 4) is 5.75 Å². The summed E-state index contributed by atoms with van der Waals surface area (Å²) in [6.45, 7) is 3.61. The minimum atomic E-state index is -0.181. The standard InChI is InChI=1S/C15H23NO3/c1-3-4-10-19-15(17)12-16-9-8-13-6-5-7-14(11-13)18-2/h5-7,11,16H,3-4,8-10,12H2,1-2H3. The number of benzene rings is 1. The van der Waals surface area contributed by atoms with Crippen LogP contribution in [0.5, 0.6) is 5.75 Å². The van der Waals surface area contributed by atoms with Crippen molar-refractivity contribution in [2.24, 2.45) is 0 Å². The Balaban J connectivity index is 2.14. The highest BCUT2D eigenvalue weighted by atomic mass is 16.5. The van der Waals surface area contributed by atoms with E-state index < -0.39 is 0 Å². The van der Waals surface area contributed by atoms with Gasteiger partial charge in [-0.2, -0.15) is 0 Å². The van der Waals surface area contributed by atoms with Gasteiger partial charge in [-0.3, -0.25) is 4.79 Å². The second kappa shape index (κ2) is 9.39. The Bertz CT molecular complexity index is 379. The molecule has 1 N–H and O–H groups in total. The number of hydrogen-bond acceptors (Lipinski definition) is 4. The van der Waals surface area contributed by atoms with Gasteiger partial charge in [-0.05, 0) is 37.1 Å². The SMILES string of the molecule is CCCCOC(=O)CNCCc1cccc(OC)c1. The molecule has 0 aromatic heterocycles. The molecule has 0 amide bonds. The molecule has 0 aliphatic rings. The van der Waals surface area contributed by atoms with Crippen molar-refractivity contribution in [3.05, 3.63) is 29.8 Å². The lowest BCUT2D eigenvalue weighted by Crippen LogP contribution is -2.26. The normalized spacial score (nSPS) is 10.2. The van der Waals surface area contributed by atoms with Gasteiger partial charge in [0.1, 0.15) is 5.75 Å². The summed E-state index contributed by atoms with van der Waals surface area (Å²) < 4.78 is 10.2. The van der Waals surface area contributed by atoms with Gasteiger partial charge < -0.3 is 14.8 Å². The lowest BCUT2D eigenvalue weighted by molar-refractivity contribution is -0.142. The molecular formula is C15H23NO3. The number of carbonyl (C=O) groups excluding carboxylic acids is 1. The van der Waals surface area contributed by atoms with Crippen molar-refractivity contribution >= 4 is 5.97 Å². The fraction of sp³-hybridized carbons (Fsp3) is 0.533. The molecule has 0 atom stereocenters. The summed E-state index contributed by atoms with van der Waals surface area (Å²) in [7, 11) is 1.66. The molecule has 0 fully saturated rings. The van der Waals surface area contributed by atoms with E-state index in [1.165, 1.54) is 5.56 Å². The van der Waals surface area contributed by atoms with Crippen LogP contribution in [0.3, 0.4) is 0 Å². The molecular weight excluding hydrogens is 242 g/mol. The molecule has 1 aromatic rings. The summed E-state index contributed by atoms with van der Waals surface area (Å²) in [6, 6.07) is 7.93. The van der Waals surface area contributed by atoms with Crippen LogP contribution in [-0.2, 0) is 16.0 Å². The molecule has 0 radical (unpaired) electrons. The Hall–Kier alpha value is -1.55. The predicted octanol–water partition coefficient (Wildman–Crippen LogP) is 2.17. The van der Waals surface area contributed by atoms with E-state index in [2.05, 4.69) is 12.2 Å². The number of ether oxygens (including phenoxy) is 2. The zero-order valence-corrected chi connectivity index (χ0v) is 11.8. The third-order valence-corrected chi connectivity index (χ3v) is 2.75. The third-order valence-electron chi connectivity index (χ3n) is 2.75. The number of nitrogens with one attached hydrogen (secondary N) is 1. The van der Waals surface area contributed by atoms with Gasteiger partial charge in [0.15, 0.2) is 0 Å². The van der Waals surface area contributed by atoms with Gasteiger partial charge in [-0.25, -0.2) is 0 Å². The Labute approximate surface area is 115 Å². The second-order valence-electron chi connectivity index (χ2n) is 4.35. The Kier molecular flexibility index (Phi) is 7.66. The summed E-state index contributed by atoms with van der Waals surface area (Å²) >= 11 is 0. The largest absolute Gasteiger partial charge is 0.497 e. The lowest BCUT2D eigenvalue weighted by atomic mass is 10.1. The molecule has 0 unspecified atom stereocenters. The van der Waals surface area contributed by atoms with Crippen LogP contribution in [0.25, 0.3) is 0 Å². The Morgan fingerprint density at radius 2 is 2.21 bits per heavy atom. The molecule has 0 bridgehead atoms. The Morgan fingerprint density at radius 1 is 1.37 bits per heavy atom. The van der Waals surface area contributed by atoms with Crippen molar-refractivity contribution in [3.63, 3.8) is 0 Å². The van der Waals surface area contributed by atoms with Crippen molar-refractivity contribution < 1.29 is 14.3 Å². The molecule has 0 aliphatic carbocycles. The third kappa shape index (κ3) is 6.82. The molecule has 0 spiro atoms. The van der Waals surface area contributed by atoms with E-state index in [1.807, 2.05) is 24.3 Å². The first-order valence-electron chi connectivity index (χ1n) is 6.75. The molecule has 106 valence electrons. The van der Waals surface area contributed by atoms with Crippen molar-refractivity contribution in [2.75, 3.05) is 26.8 Å². The molecule has 19 heavy (non-hydrogen) atoms. The molecule has 1 rings (SSSR count). The maximum absolute atomic E-state index is 11.3. The van der Waals surface area contributed by atoms with Gasteiger partial charge in [0.2, 0.25) is 0 Å². The molecule has 0 heterocycles. The smallest absolute Gasteiger partial charge is 0.319 e. The van der Waals surface area contributed by atoms with Crippen LogP contribution in [0.1, 0.15) is 25.3 Å². The fourth-order valence-corrected chi connectivity index (χ4v) is 1.63. The molecule has 4 nitrogen and oxygen atoms in total. The topological polar surface area (TPSA) is 47.6 Å². The molecule has 1 aromatic carbocycles. The van der Waals surface area contributed by atoms with E-state index in [9.17, 15) is 4.79 Å². The molecule has 0 saturated carbocycles. The zero-order chi connectivity index (χ0) is 13.9. The maximum Gasteiger partial charge on any atom is 0.319 e. The van der Waals surface area contributed by atoms with E-state index >= 15 is 0 Å². The number of carbonyl (C=O) groups is 1. The number of hydrogen-bond donors (Lipinski definition) is 1. The highest BCUT2D eigenvalue weighted by molar-refractivity contribution is 5.71. The van der Waals surface area contributed by atoms with E-state index in [4.69, 9.17) is 9.47 Å². The van der Waals surface area contributed by atoms with Crippen LogP contribution in [0.4, 0.5) is 0 Å². The van der Waals surface area contributed by atoms with Crippen molar-refractivity contribution in [1.29, 1.82) is 0 Å². The van der Waals surface area contributed by atoms with Crippen LogP contribution < -0.4 is 10.1 Å². The first-order chi connectivity index (χ1) is 9.26. The molecule has 4 heteroatoms. The van der Waals surface area contributed by atoms with E-state index in [0.29, 0.717) is 6.61 Å². The van der Waals surface area contributed by atoms with Crippen molar-refractivity contribution in [2.45, 2.75) is 26.2 Å². The summed E-state index contributed by atoms with van der Waals surface area (Å²) in [5.41, 5.74) is 1.19. The minimum Gasteiger partial charge on any atom is -0.497 e. The van der Waals surface area contributed by atoms with Gasteiger partial charge in [-0.15, -0.1) is 0 Å². The van der Waals surface area contributed by atoms with E-state index in [-0.39, 0.29) is 12.5 Å². The van der Waals surface area contributed by atoms with Gasteiger partial charge in [0.05, 0.1) is 20.3 Å². The van der Waals surface area contributed by atoms with Crippen LogP contribution >= 0.6 is 0 Å². The number of rotatable bonds is 9. The summed E-state index contributed by atoms with van der Waals surface area (Å²) in [5.74, 6) is 0.676. The van der Waals surface area contributed by atoms with E-state index in [1.54, 1.807) is 7.11 Å². The number of methoxy groups -OCH3 is 1. The van der Waals surface area contributed by atoms with Crippen LogP contribution in [0.15, 0.2) is 24.3 Å². The average Bonchev–Trinajstić information content (AvgIpc) is 2.44. The lowest BCUT2D eigenvalue weighted by Gasteiger charge is -2.07. The summed E-state index contributed by atoms with van der Waals surface area (Å²) in [5, 5.41) is 3.08. The highest BCUT2D eigenvalue weighted by Crippen LogP contribution is 2.12.